The van der Waals surface area contributed by atoms with E-state index in [1.165, 1.54) is 0 Å². The molecule has 0 aliphatic carbocycles. The molecular weight excluding hydrogens is 286 g/mol. The van der Waals surface area contributed by atoms with Crippen LogP contribution in [0.15, 0.2) is 24.3 Å². The van der Waals surface area contributed by atoms with Gasteiger partial charge in [0.1, 0.15) is 10.0 Å². The first-order valence-electron chi connectivity index (χ1n) is 6.72. The second kappa shape index (κ2) is 6.32. The molecule has 0 bridgehead atoms. The minimum Gasteiger partial charge on any atom is -0.478 e. The minimum atomic E-state index is -0.905. The molecule has 1 aromatic carbocycles. The largest absolute Gasteiger partial charge is 0.478 e. The first-order chi connectivity index (χ1) is 9.86. The molecule has 0 spiro atoms. The van der Waals surface area contributed by atoms with Crippen LogP contribution in [0, 0.1) is 0 Å². The Morgan fingerprint density at radius 2 is 1.86 bits per heavy atom. The minimum absolute atomic E-state index is 0.0303. The highest BCUT2D eigenvalue weighted by Gasteiger charge is 2.18. The van der Waals surface area contributed by atoms with Gasteiger partial charge in [0.25, 0.3) is 0 Å². The summed E-state index contributed by atoms with van der Waals surface area (Å²) < 4.78 is 0. The zero-order chi connectivity index (χ0) is 15.5. The van der Waals surface area contributed by atoms with E-state index in [4.69, 9.17) is 5.11 Å². The van der Waals surface area contributed by atoms with Crippen LogP contribution in [0.3, 0.4) is 0 Å². The van der Waals surface area contributed by atoms with Crippen LogP contribution in [0.4, 0.5) is 0 Å². The topological polar surface area (TPSA) is 75.1 Å². The van der Waals surface area contributed by atoms with Crippen LogP contribution in [0.2, 0.25) is 0 Å². The zero-order valence-electron chi connectivity index (χ0n) is 12.4. The van der Waals surface area contributed by atoms with Crippen molar-refractivity contribution < 1.29 is 9.90 Å². The number of nitrogens with zero attached hydrogens (tertiary/aromatic N) is 2. The molecule has 2 N–H and O–H groups in total. The number of carboxylic acid groups (broad SMARTS) is 1. The van der Waals surface area contributed by atoms with Gasteiger partial charge in [0.15, 0.2) is 0 Å². The first kappa shape index (κ1) is 15.6. The number of hydrogen-bond acceptors (Lipinski definition) is 5. The second-order valence-electron chi connectivity index (χ2n) is 5.86. The fourth-order valence-corrected chi connectivity index (χ4v) is 2.57. The Hall–Kier alpha value is -1.79. The quantitative estimate of drug-likeness (QED) is 0.888. The van der Waals surface area contributed by atoms with Gasteiger partial charge in [-0.25, -0.2) is 4.79 Å². The van der Waals surface area contributed by atoms with Crippen molar-refractivity contribution in [2.75, 3.05) is 0 Å². The van der Waals surface area contributed by atoms with Crippen molar-refractivity contribution in [2.45, 2.75) is 39.3 Å². The molecule has 1 aromatic heterocycles. The lowest BCUT2D eigenvalue weighted by Gasteiger charge is -2.12. The normalized spacial score (nSPS) is 11.6. The van der Waals surface area contributed by atoms with Crippen LogP contribution in [-0.2, 0) is 18.5 Å². The monoisotopic (exact) mass is 305 g/mol. The Labute approximate surface area is 128 Å². The molecule has 0 amide bonds. The van der Waals surface area contributed by atoms with E-state index < -0.39 is 5.97 Å². The van der Waals surface area contributed by atoms with E-state index in [1.54, 1.807) is 23.5 Å². The van der Waals surface area contributed by atoms with Crippen LogP contribution >= 0.6 is 11.3 Å². The summed E-state index contributed by atoms with van der Waals surface area (Å²) in [5.74, 6) is -0.905. The summed E-state index contributed by atoms with van der Waals surface area (Å²) in [6.45, 7) is 7.69. The summed E-state index contributed by atoms with van der Waals surface area (Å²) in [5.41, 5.74) is 1.38. The predicted molar refractivity (Wildman–Crippen MR) is 82.6 cm³/mol. The van der Waals surface area contributed by atoms with E-state index in [0.29, 0.717) is 18.7 Å². The van der Waals surface area contributed by atoms with Gasteiger partial charge in [0, 0.05) is 18.5 Å². The van der Waals surface area contributed by atoms with E-state index in [1.807, 2.05) is 12.1 Å². The third-order valence-electron chi connectivity index (χ3n) is 2.91. The standard InChI is InChI=1S/C15H19N3O2S/c1-15(2,3)14-18-17-12(21-14)9-16-8-10-4-6-11(7-5-10)13(19)20/h4-7,16H,8-9H2,1-3H3,(H,19,20). The molecule has 0 radical (unpaired) electrons. The van der Waals surface area contributed by atoms with Crippen LogP contribution in [0.25, 0.3) is 0 Å². The second-order valence-corrected chi connectivity index (χ2v) is 6.92. The maximum Gasteiger partial charge on any atom is 0.335 e. The first-order valence-corrected chi connectivity index (χ1v) is 7.54. The highest BCUT2D eigenvalue weighted by molar-refractivity contribution is 7.11. The molecule has 21 heavy (non-hydrogen) atoms. The molecule has 2 aromatic rings. The molecule has 0 unspecified atom stereocenters. The van der Waals surface area contributed by atoms with Gasteiger partial charge in [-0.2, -0.15) is 0 Å². The lowest BCUT2D eigenvalue weighted by molar-refractivity contribution is 0.0697. The van der Waals surface area contributed by atoms with Crippen molar-refractivity contribution in [1.29, 1.82) is 0 Å². The summed E-state index contributed by atoms with van der Waals surface area (Å²) in [4.78, 5) is 10.8. The maximum absolute atomic E-state index is 10.8. The van der Waals surface area contributed by atoms with Crippen molar-refractivity contribution in [3.8, 4) is 0 Å². The fraction of sp³-hybridized carbons (Fsp3) is 0.400. The van der Waals surface area contributed by atoms with E-state index in [-0.39, 0.29) is 5.41 Å². The summed E-state index contributed by atoms with van der Waals surface area (Å²) >= 11 is 1.62. The third kappa shape index (κ3) is 4.34. The molecule has 5 nitrogen and oxygen atoms in total. The Balaban J connectivity index is 1.86. The van der Waals surface area contributed by atoms with Crippen molar-refractivity contribution in [1.82, 2.24) is 15.5 Å². The van der Waals surface area contributed by atoms with Gasteiger partial charge in [-0.15, -0.1) is 10.2 Å². The number of aromatic nitrogens is 2. The van der Waals surface area contributed by atoms with Crippen LogP contribution in [-0.4, -0.2) is 21.3 Å². The fourth-order valence-electron chi connectivity index (χ4n) is 1.71. The Morgan fingerprint density at radius 3 is 2.38 bits per heavy atom. The molecule has 0 saturated heterocycles. The van der Waals surface area contributed by atoms with Gasteiger partial charge in [-0.05, 0) is 17.7 Å². The number of aromatic carboxylic acids is 1. The predicted octanol–water partition coefficient (Wildman–Crippen LogP) is 2.82. The Morgan fingerprint density at radius 1 is 1.19 bits per heavy atom. The highest BCUT2D eigenvalue weighted by atomic mass is 32.1. The average molecular weight is 305 g/mol. The number of carbonyl (C=O) groups is 1. The lowest BCUT2D eigenvalue weighted by Crippen LogP contribution is -2.12. The highest BCUT2D eigenvalue weighted by Crippen LogP contribution is 2.25. The maximum atomic E-state index is 10.8. The number of hydrogen-bond donors (Lipinski definition) is 2. The van der Waals surface area contributed by atoms with E-state index >= 15 is 0 Å². The Kier molecular flexibility index (Phi) is 4.69. The lowest BCUT2D eigenvalue weighted by atomic mass is 9.98. The molecular formula is C15H19N3O2S. The summed E-state index contributed by atoms with van der Waals surface area (Å²) in [6.07, 6.45) is 0. The van der Waals surface area contributed by atoms with Crippen LogP contribution in [0.5, 0.6) is 0 Å². The average Bonchev–Trinajstić information content (AvgIpc) is 2.88. The molecule has 0 aliphatic rings. The third-order valence-corrected chi connectivity index (χ3v) is 4.26. The van der Waals surface area contributed by atoms with E-state index in [2.05, 4.69) is 36.3 Å². The smallest absolute Gasteiger partial charge is 0.335 e. The molecule has 0 atom stereocenters. The molecule has 2 rings (SSSR count). The summed E-state index contributed by atoms with van der Waals surface area (Å²) in [5, 5.41) is 22.5. The molecule has 0 saturated carbocycles. The van der Waals surface area contributed by atoms with Gasteiger partial charge in [0.05, 0.1) is 5.56 Å². The van der Waals surface area contributed by atoms with Gasteiger partial charge >= 0.3 is 5.97 Å². The number of nitrogens with one attached hydrogen (secondary N) is 1. The van der Waals surface area contributed by atoms with Gasteiger partial charge in [-0.1, -0.05) is 44.2 Å². The van der Waals surface area contributed by atoms with Gasteiger partial charge < -0.3 is 10.4 Å². The number of rotatable bonds is 5. The molecule has 0 fully saturated rings. The molecule has 6 heteroatoms. The van der Waals surface area contributed by atoms with Crippen LogP contribution < -0.4 is 5.32 Å². The van der Waals surface area contributed by atoms with E-state index in [9.17, 15) is 4.79 Å². The SMILES string of the molecule is CC(C)(C)c1nnc(CNCc2ccc(C(=O)O)cc2)s1. The molecule has 1 heterocycles. The number of benzene rings is 1. The Bertz CT molecular complexity index is 615. The van der Waals surface area contributed by atoms with E-state index in [0.717, 1.165) is 15.6 Å². The molecule has 0 aliphatic heterocycles. The van der Waals surface area contributed by atoms with Crippen molar-refractivity contribution in [3.05, 3.63) is 45.4 Å². The van der Waals surface area contributed by atoms with Crippen molar-refractivity contribution >= 4 is 17.3 Å². The van der Waals surface area contributed by atoms with Crippen molar-refractivity contribution in [2.24, 2.45) is 0 Å². The molecule has 112 valence electrons. The summed E-state index contributed by atoms with van der Waals surface area (Å²) in [7, 11) is 0. The van der Waals surface area contributed by atoms with Gasteiger partial charge in [-0.3, -0.25) is 0 Å². The summed E-state index contributed by atoms with van der Waals surface area (Å²) in [6, 6.07) is 6.86. The number of carboxylic acids is 1. The van der Waals surface area contributed by atoms with Crippen molar-refractivity contribution in [3.63, 3.8) is 0 Å². The van der Waals surface area contributed by atoms with Gasteiger partial charge in [0.2, 0.25) is 0 Å². The zero-order valence-corrected chi connectivity index (χ0v) is 13.2. The van der Waals surface area contributed by atoms with Crippen LogP contribution in [0.1, 0.15) is 46.7 Å².